The second-order valence-electron chi connectivity index (χ2n) is 11.3. The average Bonchev–Trinajstić information content (AvgIpc) is 3.77. The van der Waals surface area contributed by atoms with E-state index in [0.29, 0.717) is 6.07 Å². The molecule has 3 aromatic rings. The first-order valence-electron chi connectivity index (χ1n) is 14.0. The summed E-state index contributed by atoms with van der Waals surface area (Å²) >= 11 is 1.06. The first kappa shape index (κ1) is 29.6. The van der Waals surface area contributed by atoms with Crippen LogP contribution in [0.1, 0.15) is 32.3 Å². The van der Waals surface area contributed by atoms with Gasteiger partial charge in [-0.05, 0) is 51.0 Å². The molecule has 3 aliphatic rings. The second kappa shape index (κ2) is 10.9. The first-order valence-corrected chi connectivity index (χ1v) is 15.0. The second-order valence-corrected chi connectivity index (χ2v) is 12.3. The monoisotopic (exact) mass is 620 g/mol. The Labute approximate surface area is 248 Å². The fraction of sp³-hybridized carbons (Fsp3) is 0.433. The van der Waals surface area contributed by atoms with Crippen LogP contribution in [0.2, 0.25) is 0 Å². The Morgan fingerprint density at radius 3 is 2.40 bits per heavy atom. The molecule has 2 aliphatic heterocycles. The molecule has 1 aliphatic carbocycles. The van der Waals surface area contributed by atoms with E-state index >= 15 is 4.39 Å². The van der Waals surface area contributed by atoms with Gasteiger partial charge in [-0.25, -0.2) is 13.6 Å². The van der Waals surface area contributed by atoms with Gasteiger partial charge in [-0.1, -0.05) is 6.58 Å². The molecule has 43 heavy (non-hydrogen) atoms. The summed E-state index contributed by atoms with van der Waals surface area (Å²) < 4.78 is 81.0. The van der Waals surface area contributed by atoms with Crippen molar-refractivity contribution >= 4 is 34.4 Å². The highest BCUT2D eigenvalue weighted by molar-refractivity contribution is 7.99. The fourth-order valence-electron chi connectivity index (χ4n) is 6.15. The zero-order chi connectivity index (χ0) is 30.8. The van der Waals surface area contributed by atoms with Crippen molar-refractivity contribution in [3.05, 3.63) is 64.6 Å². The molecule has 2 fully saturated rings. The molecule has 0 bridgehead atoms. The van der Waals surface area contributed by atoms with E-state index in [4.69, 9.17) is 4.74 Å². The topological polar surface area (TPSA) is 67.7 Å². The number of halogens is 5. The molecule has 3 atom stereocenters. The number of aromatic nitrogens is 2. The molecule has 1 saturated heterocycles. The van der Waals surface area contributed by atoms with Crippen LogP contribution >= 0.6 is 11.8 Å². The van der Waals surface area contributed by atoms with Crippen LogP contribution in [0.3, 0.4) is 0 Å². The molecule has 0 N–H and O–H groups in total. The Morgan fingerprint density at radius 1 is 1.09 bits per heavy atom. The number of piperazine rings is 1. The van der Waals surface area contributed by atoms with Crippen molar-refractivity contribution in [2.75, 3.05) is 23.7 Å². The minimum Gasteiger partial charge on any atom is -0.372 e. The molecule has 0 radical (unpaired) electrons. The molecule has 1 amide bonds. The molecule has 3 heterocycles. The van der Waals surface area contributed by atoms with E-state index < -0.39 is 46.3 Å². The highest BCUT2D eigenvalue weighted by Gasteiger charge is 2.40. The fourth-order valence-corrected chi connectivity index (χ4v) is 7.41. The van der Waals surface area contributed by atoms with E-state index in [0.717, 1.165) is 42.8 Å². The maximum absolute atomic E-state index is 15.2. The number of nitrogens with zero attached hydrogens (tertiary/aromatic N) is 4. The van der Waals surface area contributed by atoms with Crippen LogP contribution in [0, 0.1) is 11.6 Å². The molecule has 2 aromatic carbocycles. The number of hydrogen-bond acceptors (Lipinski definition) is 6. The molecule has 6 rings (SSSR count). The molecule has 7 nitrogen and oxygen atoms in total. The summed E-state index contributed by atoms with van der Waals surface area (Å²) in [6.45, 7) is 7.64. The number of thioether (sulfide) groups is 1. The Balaban J connectivity index is 1.62. The van der Waals surface area contributed by atoms with Crippen LogP contribution < -0.4 is 10.6 Å². The van der Waals surface area contributed by atoms with E-state index in [1.807, 2.05) is 0 Å². The number of anilines is 1. The average molecular weight is 621 g/mol. The van der Waals surface area contributed by atoms with Crippen molar-refractivity contribution in [1.82, 2.24) is 14.5 Å². The molecule has 1 saturated carbocycles. The van der Waals surface area contributed by atoms with Gasteiger partial charge in [-0.15, -0.1) is 11.8 Å². The summed E-state index contributed by atoms with van der Waals surface area (Å²) in [7, 11) is 0. The number of hydrogen-bond donors (Lipinski definition) is 0. The van der Waals surface area contributed by atoms with Gasteiger partial charge in [-0.3, -0.25) is 9.36 Å². The SMILES string of the molecule is C=CC(=O)N1[C@H](C)CN(c2nc(=O)n3c4c(c(-c5ccc(F)cc5F)c(C(F)(F)F)cc24)SCC(OC2CC2)C3)C[C@@H]1C. The normalized spacial score (nSPS) is 22.5. The molecule has 1 unspecified atom stereocenters. The van der Waals surface area contributed by atoms with Crippen LogP contribution in [-0.2, 0) is 22.3 Å². The van der Waals surface area contributed by atoms with E-state index in [9.17, 15) is 27.2 Å². The van der Waals surface area contributed by atoms with Gasteiger partial charge in [0.05, 0.1) is 29.8 Å². The van der Waals surface area contributed by atoms with Gasteiger partial charge < -0.3 is 14.5 Å². The van der Waals surface area contributed by atoms with Crippen molar-refractivity contribution in [3.63, 3.8) is 0 Å². The van der Waals surface area contributed by atoms with Gasteiger partial charge in [0.25, 0.3) is 0 Å². The van der Waals surface area contributed by atoms with Gasteiger partial charge in [0.15, 0.2) is 0 Å². The quantitative estimate of drug-likeness (QED) is 0.272. The van der Waals surface area contributed by atoms with E-state index in [-0.39, 0.29) is 71.1 Å². The van der Waals surface area contributed by atoms with Crippen molar-refractivity contribution < 1.29 is 31.5 Å². The maximum atomic E-state index is 15.2. The molecule has 13 heteroatoms. The summed E-state index contributed by atoms with van der Waals surface area (Å²) in [5.41, 5.74) is -2.48. The Morgan fingerprint density at radius 2 is 1.79 bits per heavy atom. The van der Waals surface area contributed by atoms with Gasteiger partial charge >= 0.3 is 11.9 Å². The lowest BCUT2D eigenvalue weighted by atomic mass is 9.95. The number of carbonyl (C=O) groups excluding carboxylic acids is 1. The molecule has 0 spiro atoms. The van der Waals surface area contributed by atoms with Crippen LogP contribution in [0.4, 0.5) is 27.8 Å². The predicted octanol–water partition coefficient (Wildman–Crippen LogP) is 5.63. The van der Waals surface area contributed by atoms with Crippen molar-refractivity contribution in [1.29, 1.82) is 0 Å². The lowest BCUT2D eigenvalue weighted by molar-refractivity contribution is -0.137. The van der Waals surface area contributed by atoms with Gasteiger partial charge in [-0.2, -0.15) is 18.2 Å². The van der Waals surface area contributed by atoms with Crippen LogP contribution in [0.25, 0.3) is 22.0 Å². The third kappa shape index (κ3) is 5.41. The standard InChI is InChI=1S/C30H29F5N4O3S/c1-4-24(40)39-15(2)11-37(12-16(39)3)28-21-10-22(30(33,34)35)25(20-8-5-17(31)9-23(20)32)27-26(21)38(29(41)36-28)13-19(14-43-27)42-18-6-7-18/h4-5,8-10,15-16,18-19H,1,6-7,11-14H2,2-3H3/t15-,16+,19?. The summed E-state index contributed by atoms with van der Waals surface area (Å²) in [5.74, 6) is -2.07. The Kier molecular flexibility index (Phi) is 7.52. The largest absolute Gasteiger partial charge is 0.417 e. The lowest BCUT2D eigenvalue weighted by Crippen LogP contribution is -2.58. The Bertz CT molecular complexity index is 1680. The molecule has 228 valence electrons. The van der Waals surface area contributed by atoms with Gasteiger partial charge in [0.2, 0.25) is 5.91 Å². The summed E-state index contributed by atoms with van der Waals surface area (Å²) in [6, 6.07) is 2.64. The number of ether oxygens (including phenoxy) is 1. The number of alkyl halides is 3. The minimum atomic E-state index is -4.93. The summed E-state index contributed by atoms with van der Waals surface area (Å²) in [4.78, 5) is 33.9. The van der Waals surface area contributed by atoms with E-state index in [1.165, 1.54) is 10.6 Å². The van der Waals surface area contributed by atoms with Crippen molar-refractivity contribution in [3.8, 4) is 11.1 Å². The minimum absolute atomic E-state index is 0.0162. The van der Waals surface area contributed by atoms with Crippen LogP contribution in [-0.4, -0.2) is 63.5 Å². The smallest absolute Gasteiger partial charge is 0.372 e. The van der Waals surface area contributed by atoms with Gasteiger partial charge in [0.1, 0.15) is 17.5 Å². The zero-order valence-corrected chi connectivity index (χ0v) is 24.3. The maximum Gasteiger partial charge on any atom is 0.417 e. The third-order valence-electron chi connectivity index (χ3n) is 8.06. The highest BCUT2D eigenvalue weighted by atomic mass is 32.2. The Hall–Kier alpha value is -3.45. The molecular weight excluding hydrogens is 591 g/mol. The summed E-state index contributed by atoms with van der Waals surface area (Å²) in [5, 5.41) is 0.0793. The number of carbonyl (C=O) groups is 1. The summed E-state index contributed by atoms with van der Waals surface area (Å²) in [6.07, 6.45) is -2.48. The number of rotatable bonds is 5. The number of benzene rings is 2. The first-order chi connectivity index (χ1) is 20.4. The van der Waals surface area contributed by atoms with E-state index in [1.54, 1.807) is 23.6 Å². The molecular formula is C30H29F5N4O3S. The van der Waals surface area contributed by atoms with Crippen molar-refractivity contribution in [2.45, 2.75) is 68.6 Å². The van der Waals surface area contributed by atoms with Crippen LogP contribution in [0.5, 0.6) is 0 Å². The van der Waals surface area contributed by atoms with Crippen molar-refractivity contribution in [2.24, 2.45) is 0 Å². The predicted molar refractivity (Wildman–Crippen MR) is 153 cm³/mol. The lowest BCUT2D eigenvalue weighted by Gasteiger charge is -2.44. The van der Waals surface area contributed by atoms with Crippen LogP contribution in [0.15, 0.2) is 46.6 Å². The van der Waals surface area contributed by atoms with Gasteiger partial charge in [0, 0.05) is 58.4 Å². The zero-order valence-electron chi connectivity index (χ0n) is 23.5. The highest BCUT2D eigenvalue weighted by Crippen LogP contribution is 2.49. The number of amides is 1. The van der Waals surface area contributed by atoms with E-state index in [2.05, 4.69) is 11.6 Å². The third-order valence-corrected chi connectivity index (χ3v) is 9.29. The molecule has 1 aromatic heterocycles.